The van der Waals surface area contributed by atoms with E-state index in [9.17, 15) is 13.2 Å². The van der Waals surface area contributed by atoms with Crippen LogP contribution in [0, 0.1) is 6.92 Å². The number of para-hydroxylation sites is 2. The summed E-state index contributed by atoms with van der Waals surface area (Å²) < 4.78 is 27.6. The Labute approximate surface area is 167 Å². The van der Waals surface area contributed by atoms with Crippen LogP contribution in [0.2, 0.25) is 0 Å². The average molecular weight is 419 g/mol. The first-order chi connectivity index (χ1) is 13.4. The third kappa shape index (κ3) is 3.45. The number of imidazole rings is 1. The Morgan fingerprint density at radius 1 is 1.32 bits per heavy atom. The second kappa shape index (κ2) is 7.31. The minimum Gasteiger partial charge on any atom is -0.345 e. The molecular weight excluding hydrogens is 396 g/mol. The molecule has 0 bridgehead atoms. The fourth-order valence-electron chi connectivity index (χ4n) is 3.51. The third-order valence-electron chi connectivity index (χ3n) is 4.96. The number of aryl methyl sites for hydroxylation is 1. The number of rotatable bonds is 5. The lowest BCUT2D eigenvalue weighted by Crippen LogP contribution is -2.46. The van der Waals surface area contributed by atoms with Crippen LogP contribution in [0.25, 0.3) is 11.0 Å². The molecule has 2 N–H and O–H groups in total. The summed E-state index contributed by atoms with van der Waals surface area (Å²) in [5.41, 5.74) is 1.73. The molecule has 4 rings (SSSR count). The van der Waals surface area contributed by atoms with Crippen LogP contribution in [0.3, 0.4) is 0 Å². The minimum absolute atomic E-state index is 0.287. The predicted molar refractivity (Wildman–Crippen MR) is 109 cm³/mol. The van der Waals surface area contributed by atoms with Crippen LogP contribution in [0.5, 0.6) is 0 Å². The predicted octanol–water partition coefficient (Wildman–Crippen LogP) is 2.96. The first kappa shape index (κ1) is 19.1. The van der Waals surface area contributed by atoms with E-state index in [0.717, 1.165) is 15.9 Å². The highest BCUT2D eigenvalue weighted by Gasteiger charge is 2.40. The maximum absolute atomic E-state index is 13.0. The molecule has 7 nitrogen and oxygen atoms in total. The Kier molecular flexibility index (Phi) is 4.98. The molecule has 2 atom stereocenters. The van der Waals surface area contributed by atoms with Crippen molar-refractivity contribution in [2.75, 3.05) is 6.54 Å². The van der Waals surface area contributed by atoms with E-state index < -0.39 is 16.1 Å². The Hall–Kier alpha value is -2.23. The molecule has 0 spiro atoms. The highest BCUT2D eigenvalue weighted by Crippen LogP contribution is 2.30. The SMILES string of the molecule is Cc1ccc(S(=O)(=O)N2CCCC2C(=O)NC(C)c2nc3ccccc3[nH]2)s1. The summed E-state index contributed by atoms with van der Waals surface area (Å²) in [6.45, 7) is 4.06. The summed E-state index contributed by atoms with van der Waals surface area (Å²) in [7, 11) is -3.67. The molecule has 1 amide bonds. The van der Waals surface area contributed by atoms with Crippen molar-refractivity contribution < 1.29 is 13.2 Å². The van der Waals surface area contributed by atoms with E-state index >= 15 is 0 Å². The number of nitrogens with zero attached hydrogens (tertiary/aromatic N) is 2. The molecule has 0 saturated carbocycles. The molecule has 0 radical (unpaired) electrons. The van der Waals surface area contributed by atoms with Crippen LogP contribution >= 0.6 is 11.3 Å². The quantitative estimate of drug-likeness (QED) is 0.666. The first-order valence-electron chi connectivity index (χ1n) is 9.19. The summed E-state index contributed by atoms with van der Waals surface area (Å²) in [6.07, 6.45) is 1.18. The Balaban J connectivity index is 1.52. The van der Waals surface area contributed by atoms with Gasteiger partial charge in [0.1, 0.15) is 16.1 Å². The molecule has 1 saturated heterocycles. The Morgan fingerprint density at radius 2 is 2.11 bits per heavy atom. The fourth-order valence-corrected chi connectivity index (χ4v) is 6.58. The average Bonchev–Trinajstić information content (AvgIpc) is 3.40. The van der Waals surface area contributed by atoms with E-state index in [1.165, 1.54) is 15.6 Å². The molecule has 2 aromatic heterocycles. The van der Waals surface area contributed by atoms with Crippen molar-refractivity contribution in [3.8, 4) is 0 Å². The molecule has 28 heavy (non-hydrogen) atoms. The third-order valence-corrected chi connectivity index (χ3v) is 8.34. The zero-order valence-corrected chi connectivity index (χ0v) is 17.3. The van der Waals surface area contributed by atoms with Crippen molar-refractivity contribution in [3.05, 3.63) is 47.1 Å². The van der Waals surface area contributed by atoms with Crippen LogP contribution in [0.1, 0.15) is 36.5 Å². The number of amides is 1. The standard InChI is InChI=1S/C19H22N4O3S2/c1-12-9-10-17(27-12)28(25,26)23-11-5-8-16(23)19(24)20-13(2)18-21-14-6-3-4-7-15(14)22-18/h3-4,6-7,9-10,13,16H,5,8,11H2,1-2H3,(H,20,24)(H,21,22). The molecule has 9 heteroatoms. The maximum Gasteiger partial charge on any atom is 0.253 e. The number of carbonyl (C=O) groups excluding carboxylic acids is 1. The van der Waals surface area contributed by atoms with E-state index in [4.69, 9.17) is 0 Å². The van der Waals surface area contributed by atoms with E-state index in [-0.39, 0.29) is 16.2 Å². The van der Waals surface area contributed by atoms with Gasteiger partial charge in [-0.05, 0) is 51.0 Å². The number of benzene rings is 1. The summed E-state index contributed by atoms with van der Waals surface area (Å²) in [5.74, 6) is 0.359. The Morgan fingerprint density at radius 3 is 2.82 bits per heavy atom. The van der Waals surface area contributed by atoms with E-state index in [2.05, 4.69) is 15.3 Å². The van der Waals surface area contributed by atoms with Crippen LogP contribution in [-0.2, 0) is 14.8 Å². The van der Waals surface area contributed by atoms with E-state index in [0.29, 0.717) is 25.2 Å². The van der Waals surface area contributed by atoms with Gasteiger partial charge in [-0.3, -0.25) is 4.79 Å². The van der Waals surface area contributed by atoms with Crippen LogP contribution in [-0.4, -0.2) is 41.2 Å². The van der Waals surface area contributed by atoms with Gasteiger partial charge >= 0.3 is 0 Å². The van der Waals surface area contributed by atoms with Crippen molar-refractivity contribution in [1.82, 2.24) is 19.6 Å². The molecule has 1 aliphatic heterocycles. The smallest absolute Gasteiger partial charge is 0.253 e. The number of fused-ring (bicyclic) bond motifs is 1. The van der Waals surface area contributed by atoms with Gasteiger partial charge in [-0.2, -0.15) is 4.31 Å². The van der Waals surface area contributed by atoms with E-state index in [1.54, 1.807) is 12.1 Å². The maximum atomic E-state index is 13.0. The Bertz CT molecular complexity index is 1090. The van der Waals surface area contributed by atoms with Crippen molar-refractivity contribution in [2.45, 2.75) is 43.0 Å². The van der Waals surface area contributed by atoms with Gasteiger partial charge in [0.05, 0.1) is 17.1 Å². The molecule has 1 aromatic carbocycles. The number of H-pyrrole nitrogens is 1. The number of sulfonamides is 1. The van der Waals surface area contributed by atoms with Gasteiger partial charge in [0.25, 0.3) is 10.0 Å². The lowest BCUT2D eigenvalue weighted by molar-refractivity contribution is -0.124. The number of aromatic amines is 1. The van der Waals surface area contributed by atoms with Crippen LogP contribution in [0.4, 0.5) is 0 Å². The molecule has 2 unspecified atom stereocenters. The molecule has 1 fully saturated rings. The molecule has 3 heterocycles. The highest BCUT2D eigenvalue weighted by molar-refractivity contribution is 7.91. The second-order valence-electron chi connectivity index (χ2n) is 7.01. The van der Waals surface area contributed by atoms with Gasteiger partial charge in [0.15, 0.2) is 0 Å². The normalized spacial score (nSPS) is 19.1. The monoisotopic (exact) mass is 418 g/mol. The molecule has 0 aliphatic carbocycles. The second-order valence-corrected chi connectivity index (χ2v) is 10.4. The van der Waals surface area contributed by atoms with Gasteiger partial charge in [-0.25, -0.2) is 13.4 Å². The molecule has 3 aromatic rings. The molecule has 1 aliphatic rings. The summed E-state index contributed by atoms with van der Waals surface area (Å²) in [5, 5.41) is 2.92. The number of hydrogen-bond donors (Lipinski definition) is 2. The topological polar surface area (TPSA) is 95.2 Å². The largest absolute Gasteiger partial charge is 0.345 e. The number of nitrogens with one attached hydrogen (secondary N) is 2. The number of thiophene rings is 1. The summed E-state index contributed by atoms with van der Waals surface area (Å²) in [4.78, 5) is 21.5. The zero-order valence-electron chi connectivity index (χ0n) is 15.7. The summed E-state index contributed by atoms with van der Waals surface area (Å²) >= 11 is 1.23. The van der Waals surface area contributed by atoms with Gasteiger partial charge in [0, 0.05) is 11.4 Å². The molecular formula is C19H22N4O3S2. The van der Waals surface area contributed by atoms with Crippen molar-refractivity contribution in [2.24, 2.45) is 0 Å². The lowest BCUT2D eigenvalue weighted by atomic mass is 10.2. The minimum atomic E-state index is -3.67. The zero-order chi connectivity index (χ0) is 19.9. The summed E-state index contributed by atoms with van der Waals surface area (Å²) in [6, 6.07) is 10.00. The van der Waals surface area contributed by atoms with Crippen LogP contribution in [0.15, 0.2) is 40.6 Å². The highest BCUT2D eigenvalue weighted by atomic mass is 32.2. The van der Waals surface area contributed by atoms with Crippen LogP contribution < -0.4 is 5.32 Å². The fraction of sp³-hybridized carbons (Fsp3) is 0.368. The molecule has 148 valence electrons. The number of carbonyl (C=O) groups is 1. The van der Waals surface area contributed by atoms with Crippen molar-refractivity contribution in [1.29, 1.82) is 0 Å². The van der Waals surface area contributed by atoms with Gasteiger partial charge in [-0.1, -0.05) is 12.1 Å². The van der Waals surface area contributed by atoms with Crippen molar-refractivity contribution >= 4 is 38.3 Å². The van der Waals surface area contributed by atoms with Crippen molar-refractivity contribution in [3.63, 3.8) is 0 Å². The van der Waals surface area contributed by atoms with E-state index in [1.807, 2.05) is 38.1 Å². The van der Waals surface area contributed by atoms with Gasteiger partial charge in [0.2, 0.25) is 5.91 Å². The number of hydrogen-bond acceptors (Lipinski definition) is 5. The lowest BCUT2D eigenvalue weighted by Gasteiger charge is -2.24. The van der Waals surface area contributed by atoms with Gasteiger partial charge in [-0.15, -0.1) is 11.3 Å². The first-order valence-corrected chi connectivity index (χ1v) is 11.5. The van der Waals surface area contributed by atoms with Gasteiger partial charge < -0.3 is 10.3 Å². The number of aromatic nitrogens is 2.